The van der Waals surface area contributed by atoms with E-state index in [-0.39, 0.29) is 0 Å². The van der Waals surface area contributed by atoms with E-state index < -0.39 is 0 Å². The van der Waals surface area contributed by atoms with Gasteiger partial charge < -0.3 is 4.90 Å². The summed E-state index contributed by atoms with van der Waals surface area (Å²) in [7, 11) is 0. The maximum atomic E-state index is 3.56. The van der Waals surface area contributed by atoms with Crippen LogP contribution in [0.3, 0.4) is 0 Å². The molecule has 148 valence electrons. The third-order valence-corrected chi connectivity index (χ3v) is 4.00. The van der Waals surface area contributed by atoms with Crippen LogP contribution in [-0.4, -0.2) is 24.0 Å². The van der Waals surface area contributed by atoms with Gasteiger partial charge >= 0.3 is 0 Å². The highest BCUT2D eigenvalue weighted by atomic mass is 15.2. The Balaban J connectivity index is -0.000000265. The van der Waals surface area contributed by atoms with Crippen LogP contribution < -0.4 is 0 Å². The van der Waals surface area contributed by atoms with Crippen LogP contribution in [0.1, 0.15) is 120 Å². The predicted octanol–water partition coefficient (Wildman–Crippen LogP) is 8.25. The predicted molar refractivity (Wildman–Crippen MR) is 116 cm³/mol. The van der Waals surface area contributed by atoms with Crippen LogP contribution >= 0.6 is 0 Å². The topological polar surface area (TPSA) is 3.24 Å². The molecule has 2 rings (SSSR count). The summed E-state index contributed by atoms with van der Waals surface area (Å²) >= 11 is 0. The van der Waals surface area contributed by atoms with Gasteiger partial charge in [0.2, 0.25) is 0 Å². The fourth-order valence-electron chi connectivity index (χ4n) is 1.93. The van der Waals surface area contributed by atoms with Crippen LogP contribution in [0, 0.1) is 0 Å². The lowest BCUT2D eigenvalue weighted by atomic mass is 10.0. The fraction of sp³-hybridized carbons (Fsp3) is 0.913. The number of nitrogens with zero attached hydrogens (tertiary/aromatic N) is 1. The van der Waals surface area contributed by atoms with Crippen LogP contribution in [-0.2, 0) is 0 Å². The van der Waals surface area contributed by atoms with Gasteiger partial charge in [0.05, 0.1) is 0 Å². The molecule has 0 spiro atoms. The van der Waals surface area contributed by atoms with Crippen molar-refractivity contribution in [3.05, 3.63) is 12.2 Å². The molecule has 1 heteroatoms. The molecular formula is C23H51N. The van der Waals surface area contributed by atoms with Gasteiger partial charge in [0.15, 0.2) is 0 Å². The van der Waals surface area contributed by atoms with Crippen molar-refractivity contribution in [2.45, 2.75) is 126 Å². The molecule has 24 heavy (non-hydrogen) atoms. The Bertz CT molecular complexity index is 204. The molecule has 1 saturated carbocycles. The summed E-state index contributed by atoms with van der Waals surface area (Å²) in [5.41, 5.74) is 1.17. The average molecular weight is 342 g/mol. The summed E-state index contributed by atoms with van der Waals surface area (Å²) < 4.78 is 0. The maximum absolute atomic E-state index is 3.56. The van der Waals surface area contributed by atoms with Crippen LogP contribution in [0.4, 0.5) is 0 Å². The molecule has 0 aromatic heterocycles. The molecule has 0 N–H and O–H groups in total. The molecule has 0 aromatic rings. The highest BCUT2D eigenvalue weighted by Gasteiger charge is 2.20. The molecule has 1 nitrogen and oxygen atoms in total. The lowest BCUT2D eigenvalue weighted by molar-refractivity contribution is 0.108. The monoisotopic (exact) mass is 341 g/mol. The molecule has 2 fully saturated rings. The van der Waals surface area contributed by atoms with Crippen molar-refractivity contribution in [3.63, 3.8) is 0 Å². The summed E-state index contributed by atoms with van der Waals surface area (Å²) in [6.07, 6.45) is 14.2. The van der Waals surface area contributed by atoms with E-state index in [1.165, 1.54) is 82.9 Å². The molecule has 2 aliphatic rings. The van der Waals surface area contributed by atoms with E-state index in [2.05, 4.69) is 39.2 Å². The molecule has 1 heterocycles. The van der Waals surface area contributed by atoms with Crippen molar-refractivity contribution in [2.75, 3.05) is 13.1 Å². The Hall–Kier alpha value is -0.300. The molecule has 1 aliphatic heterocycles. The Labute approximate surface area is 156 Å². The first kappa shape index (κ1) is 28.5. The molecule has 0 amide bonds. The first-order valence-corrected chi connectivity index (χ1v) is 10.9. The summed E-state index contributed by atoms with van der Waals surface area (Å²) in [5.74, 6) is 0. The van der Waals surface area contributed by atoms with E-state index in [1.807, 2.05) is 27.7 Å². The molecule has 0 aromatic carbocycles. The van der Waals surface area contributed by atoms with Gasteiger partial charge in [-0.1, -0.05) is 92.1 Å². The van der Waals surface area contributed by atoms with E-state index in [4.69, 9.17) is 0 Å². The molecule has 1 atom stereocenters. The first-order chi connectivity index (χ1) is 11.5. The number of allylic oxidation sites excluding steroid dienone is 1. The van der Waals surface area contributed by atoms with Gasteiger partial charge in [-0.2, -0.15) is 0 Å². The van der Waals surface area contributed by atoms with Gasteiger partial charge in [0, 0.05) is 6.04 Å². The largest absolute Gasteiger partial charge is 0.300 e. The standard InChI is InChI=1S/C9H19N.2C4H8.C4H10.C2H6/c1-3-6-9(4-2)10-7-5-8-10;1-2-4-3-1;1-4(2)3;1-3-4-2;1-2/h9H,3-8H2,1-2H3;1-4H2;1H2,2-3H3;3-4H2,1-2H3;1-2H3. The Morgan fingerprint density at radius 3 is 1.29 bits per heavy atom. The van der Waals surface area contributed by atoms with Crippen LogP contribution in [0.2, 0.25) is 0 Å². The molecule has 0 bridgehead atoms. The van der Waals surface area contributed by atoms with Gasteiger partial charge in [-0.3, -0.25) is 0 Å². The van der Waals surface area contributed by atoms with Crippen molar-refractivity contribution in [2.24, 2.45) is 0 Å². The third-order valence-electron chi connectivity index (χ3n) is 4.00. The van der Waals surface area contributed by atoms with Crippen molar-refractivity contribution < 1.29 is 0 Å². The second-order valence-corrected chi connectivity index (χ2v) is 6.86. The summed E-state index contributed by atoms with van der Waals surface area (Å²) in [4.78, 5) is 2.61. The van der Waals surface area contributed by atoms with Crippen LogP contribution in [0.5, 0.6) is 0 Å². The first-order valence-electron chi connectivity index (χ1n) is 10.9. The van der Waals surface area contributed by atoms with E-state index >= 15 is 0 Å². The maximum Gasteiger partial charge on any atom is 0.00925 e. The van der Waals surface area contributed by atoms with Crippen molar-refractivity contribution >= 4 is 0 Å². The van der Waals surface area contributed by atoms with E-state index in [1.54, 1.807) is 0 Å². The second-order valence-electron chi connectivity index (χ2n) is 6.86. The zero-order valence-corrected chi connectivity index (χ0v) is 18.7. The quantitative estimate of drug-likeness (QED) is 0.455. The zero-order valence-electron chi connectivity index (χ0n) is 18.7. The molecule has 1 saturated heterocycles. The fourth-order valence-corrected chi connectivity index (χ4v) is 1.93. The van der Waals surface area contributed by atoms with Crippen LogP contribution in [0.15, 0.2) is 12.2 Å². The molecule has 1 aliphatic carbocycles. The second kappa shape index (κ2) is 24.9. The highest BCUT2D eigenvalue weighted by molar-refractivity contribution is 4.79. The number of hydrogen-bond donors (Lipinski definition) is 0. The Morgan fingerprint density at radius 1 is 0.792 bits per heavy atom. The van der Waals surface area contributed by atoms with Gasteiger partial charge in [-0.05, 0) is 46.2 Å². The van der Waals surface area contributed by atoms with E-state index in [9.17, 15) is 0 Å². The van der Waals surface area contributed by atoms with Crippen LogP contribution in [0.25, 0.3) is 0 Å². The summed E-state index contributed by atoms with van der Waals surface area (Å²) in [6, 6.07) is 0.902. The highest BCUT2D eigenvalue weighted by Crippen LogP contribution is 2.17. The number of unbranched alkanes of at least 4 members (excludes halogenated alkanes) is 1. The van der Waals surface area contributed by atoms with Gasteiger partial charge in [0.1, 0.15) is 0 Å². The molecule has 1 unspecified atom stereocenters. The average Bonchev–Trinajstić information content (AvgIpc) is 2.45. The van der Waals surface area contributed by atoms with Crippen molar-refractivity contribution in [1.29, 1.82) is 0 Å². The Kier molecular flexibility index (Phi) is 29.6. The SMILES string of the molecule is C1CCC1.C=C(C)C.CC.CCCC.CCCC(CC)N1CCC1. The zero-order chi connectivity index (χ0) is 19.2. The number of likely N-dealkylation sites (tertiary alicyclic amines) is 1. The lowest BCUT2D eigenvalue weighted by Gasteiger charge is -2.38. The lowest BCUT2D eigenvalue weighted by Crippen LogP contribution is -2.44. The van der Waals surface area contributed by atoms with Gasteiger partial charge in [-0.15, -0.1) is 6.58 Å². The molecular weight excluding hydrogens is 290 g/mol. The van der Waals surface area contributed by atoms with Crippen molar-refractivity contribution in [3.8, 4) is 0 Å². The van der Waals surface area contributed by atoms with Gasteiger partial charge in [0.25, 0.3) is 0 Å². The smallest absolute Gasteiger partial charge is 0.00925 e. The number of rotatable bonds is 5. The van der Waals surface area contributed by atoms with Gasteiger partial charge in [-0.25, -0.2) is 0 Å². The molecule has 0 radical (unpaired) electrons. The Morgan fingerprint density at radius 2 is 1.17 bits per heavy atom. The summed E-state index contributed by atoms with van der Waals surface area (Å²) in [5, 5.41) is 0. The minimum Gasteiger partial charge on any atom is -0.300 e. The minimum absolute atomic E-state index is 0.902. The summed E-state index contributed by atoms with van der Waals surface area (Å²) in [6.45, 7) is 23.2. The third kappa shape index (κ3) is 24.0. The normalized spacial score (nSPS) is 15.8. The van der Waals surface area contributed by atoms with E-state index in [0.29, 0.717) is 0 Å². The number of hydrogen-bond acceptors (Lipinski definition) is 1. The minimum atomic E-state index is 0.902. The van der Waals surface area contributed by atoms with E-state index in [0.717, 1.165) is 6.04 Å². The van der Waals surface area contributed by atoms with Crippen molar-refractivity contribution in [1.82, 2.24) is 4.90 Å².